The molecule has 3 unspecified atom stereocenters. The molecular formula is C11H17N3O3. The van der Waals surface area contributed by atoms with E-state index in [1.54, 1.807) is 11.1 Å². The number of nitriles is 1. The number of carbonyl (C=O) groups excluding carboxylic acids is 2. The van der Waals surface area contributed by atoms with Gasteiger partial charge in [0.25, 0.3) is 5.91 Å². The number of nitrogens with one attached hydrogen (secondary N) is 1. The first kappa shape index (κ1) is 13.6. The molecule has 6 heteroatoms. The van der Waals surface area contributed by atoms with E-state index in [4.69, 9.17) is 10.00 Å². The molecule has 0 bridgehead atoms. The third-order valence-electron chi connectivity index (χ3n) is 2.49. The van der Waals surface area contributed by atoms with Crippen molar-refractivity contribution < 1.29 is 14.3 Å². The number of rotatable bonds is 3. The van der Waals surface area contributed by atoms with Crippen LogP contribution in [0.5, 0.6) is 0 Å². The van der Waals surface area contributed by atoms with E-state index in [9.17, 15) is 9.59 Å². The van der Waals surface area contributed by atoms with Gasteiger partial charge in [-0.15, -0.1) is 0 Å². The van der Waals surface area contributed by atoms with Crippen molar-refractivity contribution in [2.45, 2.75) is 33.0 Å². The lowest BCUT2D eigenvalue weighted by Gasteiger charge is -2.35. The van der Waals surface area contributed by atoms with E-state index < -0.39 is 17.6 Å². The second-order valence-corrected chi connectivity index (χ2v) is 4.31. The summed E-state index contributed by atoms with van der Waals surface area (Å²) in [6, 6.07) is 1.69. The molecule has 1 fully saturated rings. The van der Waals surface area contributed by atoms with Gasteiger partial charge in [0, 0.05) is 13.1 Å². The molecule has 94 valence electrons. The van der Waals surface area contributed by atoms with E-state index >= 15 is 0 Å². The van der Waals surface area contributed by atoms with Crippen molar-refractivity contribution in [3.05, 3.63) is 0 Å². The molecule has 1 heterocycles. The average Bonchev–Trinajstić information content (AvgIpc) is 2.15. The predicted octanol–water partition coefficient (Wildman–Crippen LogP) is -0.144. The normalized spacial score (nSPS) is 26.9. The van der Waals surface area contributed by atoms with Gasteiger partial charge in [0.15, 0.2) is 11.7 Å². The number of ether oxygens (including phenoxy) is 1. The number of nitrogens with zero attached hydrogens (tertiary/aromatic N) is 2. The van der Waals surface area contributed by atoms with Crippen molar-refractivity contribution in [2.75, 3.05) is 13.1 Å². The van der Waals surface area contributed by atoms with Gasteiger partial charge in [0.05, 0.1) is 18.3 Å². The van der Waals surface area contributed by atoms with Crippen LogP contribution >= 0.6 is 0 Å². The second-order valence-electron chi connectivity index (χ2n) is 4.31. The van der Waals surface area contributed by atoms with Crippen LogP contribution in [-0.4, -0.2) is 42.0 Å². The number of morpholine rings is 1. The molecule has 1 saturated heterocycles. The maximum absolute atomic E-state index is 11.7. The SMILES string of the molecule is CC(=O)C(C#N)C(=O)NN1CC(C)OC(C)C1. The number of hydrogen-bond acceptors (Lipinski definition) is 5. The lowest BCUT2D eigenvalue weighted by atomic mass is 10.1. The summed E-state index contributed by atoms with van der Waals surface area (Å²) in [5, 5.41) is 10.4. The third-order valence-corrected chi connectivity index (χ3v) is 2.49. The number of Topliss-reactive ketones (excluding diaryl/α,β-unsaturated/α-hetero) is 1. The monoisotopic (exact) mass is 239 g/mol. The molecule has 1 amide bonds. The van der Waals surface area contributed by atoms with E-state index in [0.717, 1.165) is 0 Å². The molecule has 0 saturated carbocycles. The molecule has 17 heavy (non-hydrogen) atoms. The van der Waals surface area contributed by atoms with Crippen LogP contribution in [-0.2, 0) is 14.3 Å². The Kier molecular flexibility index (Phi) is 4.61. The van der Waals surface area contributed by atoms with Gasteiger partial charge in [0.2, 0.25) is 0 Å². The lowest BCUT2D eigenvalue weighted by molar-refractivity contribution is -0.139. The number of hydrogen-bond donors (Lipinski definition) is 1. The highest BCUT2D eigenvalue weighted by Gasteiger charge is 2.28. The molecule has 1 N–H and O–H groups in total. The van der Waals surface area contributed by atoms with E-state index in [-0.39, 0.29) is 12.2 Å². The first-order valence-electron chi connectivity index (χ1n) is 5.55. The summed E-state index contributed by atoms with van der Waals surface area (Å²) in [5.41, 5.74) is 2.58. The van der Waals surface area contributed by atoms with Crippen LogP contribution in [0.25, 0.3) is 0 Å². The van der Waals surface area contributed by atoms with Crippen LogP contribution in [0.1, 0.15) is 20.8 Å². The van der Waals surface area contributed by atoms with Crippen LogP contribution in [0.15, 0.2) is 0 Å². The topological polar surface area (TPSA) is 82.4 Å². The van der Waals surface area contributed by atoms with Gasteiger partial charge in [-0.2, -0.15) is 5.26 Å². The first-order chi connectivity index (χ1) is 7.93. The van der Waals surface area contributed by atoms with Crippen LogP contribution in [0.4, 0.5) is 0 Å². The molecule has 6 nitrogen and oxygen atoms in total. The molecule has 0 aromatic carbocycles. The Morgan fingerprint density at radius 2 is 1.94 bits per heavy atom. The maximum Gasteiger partial charge on any atom is 0.259 e. The van der Waals surface area contributed by atoms with Gasteiger partial charge < -0.3 is 4.74 Å². The van der Waals surface area contributed by atoms with Crippen LogP contribution in [0.2, 0.25) is 0 Å². The molecule has 1 aliphatic rings. The minimum Gasteiger partial charge on any atom is -0.373 e. The summed E-state index contributed by atoms with van der Waals surface area (Å²) >= 11 is 0. The molecule has 0 spiro atoms. The molecule has 1 rings (SSSR count). The van der Waals surface area contributed by atoms with E-state index in [1.165, 1.54) is 6.92 Å². The van der Waals surface area contributed by atoms with Crippen LogP contribution in [0, 0.1) is 17.2 Å². The molecule has 1 aliphatic heterocycles. The highest BCUT2D eigenvalue weighted by atomic mass is 16.5. The summed E-state index contributed by atoms with van der Waals surface area (Å²) < 4.78 is 5.51. The fraction of sp³-hybridized carbons (Fsp3) is 0.727. The number of hydrazine groups is 1. The first-order valence-corrected chi connectivity index (χ1v) is 5.55. The molecule has 0 radical (unpaired) electrons. The van der Waals surface area contributed by atoms with Crippen molar-refractivity contribution in [3.63, 3.8) is 0 Å². The summed E-state index contributed by atoms with van der Waals surface area (Å²) in [4.78, 5) is 22.7. The Balaban J connectivity index is 2.56. The summed E-state index contributed by atoms with van der Waals surface area (Å²) in [6.07, 6.45) is 0.0221. The summed E-state index contributed by atoms with van der Waals surface area (Å²) in [5.74, 6) is -2.25. The summed E-state index contributed by atoms with van der Waals surface area (Å²) in [7, 11) is 0. The number of amides is 1. The molecule has 0 aromatic heterocycles. The summed E-state index contributed by atoms with van der Waals surface area (Å²) in [6.45, 7) is 6.14. The van der Waals surface area contributed by atoms with Crippen molar-refractivity contribution in [2.24, 2.45) is 5.92 Å². The number of carbonyl (C=O) groups is 2. The Labute approximate surface area is 100 Å². The minimum atomic E-state index is -1.23. The lowest BCUT2D eigenvalue weighted by Crippen LogP contribution is -2.55. The highest BCUT2D eigenvalue weighted by molar-refractivity contribution is 6.02. The van der Waals surface area contributed by atoms with Crippen molar-refractivity contribution in [3.8, 4) is 6.07 Å². The largest absolute Gasteiger partial charge is 0.373 e. The standard InChI is InChI=1S/C11H17N3O3/c1-7-5-14(6-8(2)17-7)13-11(16)10(4-12)9(3)15/h7-8,10H,5-6H2,1-3H3,(H,13,16). The van der Waals surface area contributed by atoms with Crippen molar-refractivity contribution in [1.29, 1.82) is 5.26 Å². The zero-order valence-corrected chi connectivity index (χ0v) is 10.3. The Morgan fingerprint density at radius 3 is 2.35 bits per heavy atom. The van der Waals surface area contributed by atoms with Gasteiger partial charge in [-0.25, -0.2) is 5.01 Å². The fourth-order valence-electron chi connectivity index (χ4n) is 1.82. The Hall–Kier alpha value is -1.45. The smallest absolute Gasteiger partial charge is 0.259 e. The molecule has 3 atom stereocenters. The highest BCUT2D eigenvalue weighted by Crippen LogP contribution is 2.09. The molecule has 0 aliphatic carbocycles. The zero-order chi connectivity index (χ0) is 13.0. The zero-order valence-electron chi connectivity index (χ0n) is 10.3. The van der Waals surface area contributed by atoms with E-state index in [1.807, 2.05) is 13.8 Å². The van der Waals surface area contributed by atoms with Gasteiger partial charge in [-0.05, 0) is 20.8 Å². The second kappa shape index (κ2) is 5.75. The Bertz CT molecular complexity index is 340. The van der Waals surface area contributed by atoms with E-state index in [2.05, 4.69) is 5.43 Å². The van der Waals surface area contributed by atoms with Gasteiger partial charge in [0.1, 0.15) is 0 Å². The molecule has 0 aromatic rings. The van der Waals surface area contributed by atoms with Gasteiger partial charge in [-0.3, -0.25) is 15.0 Å². The number of ketones is 1. The van der Waals surface area contributed by atoms with Crippen LogP contribution < -0.4 is 5.43 Å². The molecular weight excluding hydrogens is 222 g/mol. The van der Waals surface area contributed by atoms with Gasteiger partial charge in [-0.1, -0.05) is 0 Å². The third kappa shape index (κ3) is 3.80. The minimum absolute atomic E-state index is 0.0110. The van der Waals surface area contributed by atoms with E-state index in [0.29, 0.717) is 13.1 Å². The Morgan fingerprint density at radius 1 is 1.41 bits per heavy atom. The maximum atomic E-state index is 11.7. The fourth-order valence-corrected chi connectivity index (χ4v) is 1.82. The predicted molar refractivity (Wildman–Crippen MR) is 59.5 cm³/mol. The van der Waals surface area contributed by atoms with Crippen molar-refractivity contribution in [1.82, 2.24) is 10.4 Å². The quantitative estimate of drug-likeness (QED) is 0.693. The average molecular weight is 239 g/mol. The van der Waals surface area contributed by atoms with Crippen molar-refractivity contribution >= 4 is 11.7 Å². The van der Waals surface area contributed by atoms with Crippen LogP contribution in [0.3, 0.4) is 0 Å². The van der Waals surface area contributed by atoms with Gasteiger partial charge >= 0.3 is 0 Å².